The average Bonchev–Trinajstić information content (AvgIpc) is 4.11. The van der Waals surface area contributed by atoms with E-state index in [1.54, 1.807) is 111 Å². The Bertz CT molecular complexity index is 2730. The van der Waals surface area contributed by atoms with Crippen LogP contribution in [0.25, 0.3) is 44.5 Å². The summed E-state index contributed by atoms with van der Waals surface area (Å²) in [6, 6.07) is 26.4. The highest BCUT2D eigenvalue weighted by atomic mass is 35.5. The fourth-order valence-corrected chi connectivity index (χ4v) is 8.64. The zero-order valence-electron chi connectivity index (χ0n) is 33.9. The van der Waals surface area contributed by atoms with Gasteiger partial charge in [-0.1, -0.05) is 47.5 Å². The number of methoxy groups -OCH3 is 2. The number of carbonyl (C=O) groups is 4. The molecule has 2 saturated heterocycles. The van der Waals surface area contributed by atoms with Crippen LogP contribution in [-0.4, -0.2) is 93.0 Å². The highest BCUT2D eigenvalue weighted by molar-refractivity contribution is 6.31. The number of hydrogen-bond acceptors (Lipinski definition) is 11. The molecule has 0 spiro atoms. The summed E-state index contributed by atoms with van der Waals surface area (Å²) in [6.45, 7) is 0.790. The minimum Gasteiger partial charge on any atom is -0.496 e. The zero-order chi connectivity index (χ0) is 43.8. The maximum absolute atomic E-state index is 13.8. The molecule has 2 N–H and O–H groups in total. The molecule has 15 nitrogen and oxygen atoms in total. The largest absolute Gasteiger partial charge is 0.496 e. The minimum absolute atomic E-state index is 0.149. The van der Waals surface area contributed by atoms with Gasteiger partial charge in [0, 0.05) is 57.1 Å². The van der Waals surface area contributed by atoms with E-state index in [9.17, 15) is 19.2 Å². The number of aromatic nitrogens is 4. The summed E-state index contributed by atoms with van der Waals surface area (Å²) in [5, 5.41) is 17.1. The van der Waals surface area contributed by atoms with Crippen molar-refractivity contribution in [2.75, 3.05) is 37.9 Å². The predicted molar refractivity (Wildman–Crippen MR) is 237 cm³/mol. The molecule has 2 atom stereocenters. The number of benzene rings is 4. The van der Waals surface area contributed by atoms with Crippen LogP contribution < -0.4 is 20.1 Å². The first-order valence-corrected chi connectivity index (χ1v) is 20.9. The Morgan fingerprint density at radius 1 is 0.603 bits per heavy atom. The Morgan fingerprint density at radius 3 is 1.41 bits per heavy atom. The number of halogens is 2. The first-order valence-electron chi connectivity index (χ1n) is 20.1. The smallest absolute Gasteiger partial charge is 0.273 e. The van der Waals surface area contributed by atoms with Gasteiger partial charge in [-0.2, -0.15) is 0 Å². The summed E-state index contributed by atoms with van der Waals surface area (Å²) in [4.78, 5) is 66.6. The third-order valence-corrected chi connectivity index (χ3v) is 11.7. The fourth-order valence-electron chi connectivity index (χ4n) is 8.25. The maximum atomic E-state index is 13.8. The average molecular weight is 886 g/mol. The van der Waals surface area contributed by atoms with Crippen LogP contribution in [0.15, 0.2) is 101 Å². The number of carbonyl (C=O) groups excluding carboxylic acids is 4. The molecule has 0 saturated carbocycles. The molecule has 318 valence electrons. The molecule has 63 heavy (non-hydrogen) atoms. The second-order valence-corrected chi connectivity index (χ2v) is 15.8. The molecular weight excluding hydrogens is 847 g/mol. The number of amides is 4. The van der Waals surface area contributed by atoms with E-state index >= 15 is 0 Å². The Hall–Kier alpha value is -7.10. The molecule has 4 amide bonds. The Balaban J connectivity index is 0.827. The Labute approximate surface area is 370 Å². The minimum atomic E-state index is -0.706. The standard InChI is InChI=1S/C46H38Cl2N8O7/c1-61-35-11-3-7-29-31(35)23-37(47)51-39(29)45(59)55-21-5-9-33(55)41(57)49-27-17-13-25(14-18-27)43-53-54-44(63-43)26-15-19-28(20-16-26)50-42(58)34-10-6-22-56(34)46(60)40-30-8-4-12-36(62-2)32(30)24-38(48)52-40/h3-4,7-8,11-20,23-24,33-34H,5-6,9-10,21-22H2,1-2H3,(H,49,57)(H,50,58)/t33-,34-/m0/s1. The van der Waals surface area contributed by atoms with E-state index in [0.717, 1.165) is 0 Å². The van der Waals surface area contributed by atoms with Crippen molar-refractivity contribution in [3.8, 4) is 34.4 Å². The summed E-state index contributed by atoms with van der Waals surface area (Å²) in [7, 11) is 3.09. The van der Waals surface area contributed by atoms with E-state index in [-0.39, 0.29) is 57.1 Å². The van der Waals surface area contributed by atoms with Crippen LogP contribution in [0.3, 0.4) is 0 Å². The molecule has 17 heteroatoms. The molecule has 0 radical (unpaired) electrons. The highest BCUT2D eigenvalue weighted by Gasteiger charge is 2.37. The van der Waals surface area contributed by atoms with Crippen molar-refractivity contribution in [2.45, 2.75) is 37.8 Å². The van der Waals surface area contributed by atoms with E-state index < -0.39 is 12.1 Å². The molecule has 0 unspecified atom stereocenters. The molecule has 2 aliphatic heterocycles. The van der Waals surface area contributed by atoms with Crippen molar-refractivity contribution in [1.29, 1.82) is 0 Å². The van der Waals surface area contributed by atoms with Gasteiger partial charge in [0.05, 0.1) is 14.2 Å². The van der Waals surface area contributed by atoms with Crippen LogP contribution in [-0.2, 0) is 9.59 Å². The summed E-state index contributed by atoms with van der Waals surface area (Å²) in [5.41, 5.74) is 2.62. The Morgan fingerprint density at radius 2 is 1.02 bits per heavy atom. The van der Waals surface area contributed by atoms with Crippen LogP contribution in [0.5, 0.6) is 11.5 Å². The summed E-state index contributed by atoms with van der Waals surface area (Å²) < 4.78 is 16.9. The van der Waals surface area contributed by atoms with Gasteiger partial charge < -0.3 is 34.3 Å². The van der Waals surface area contributed by atoms with E-state index in [2.05, 4.69) is 30.8 Å². The van der Waals surface area contributed by atoms with Gasteiger partial charge >= 0.3 is 0 Å². The molecular formula is C46H38Cl2N8O7. The number of pyridine rings is 2. The van der Waals surface area contributed by atoms with E-state index in [4.69, 9.17) is 37.1 Å². The normalized spacial score (nSPS) is 16.1. The molecule has 2 fully saturated rings. The fraction of sp³-hybridized carbons (Fsp3) is 0.217. The SMILES string of the molecule is COc1cccc2c(C(=O)N3CCC[C@H]3C(=O)Nc3ccc(-c4nnc(-c5ccc(NC(=O)[C@@H]6CCCN6C(=O)c6nc(Cl)cc7c(OC)cccc67)cc5)o4)cc3)nc(Cl)cc12. The lowest BCUT2D eigenvalue weighted by Gasteiger charge is -2.24. The van der Waals surface area contributed by atoms with Gasteiger partial charge in [-0.25, -0.2) is 9.97 Å². The molecule has 0 bridgehead atoms. The van der Waals surface area contributed by atoms with Gasteiger partial charge in [-0.3, -0.25) is 19.2 Å². The van der Waals surface area contributed by atoms with E-state index in [1.807, 2.05) is 0 Å². The Kier molecular flexibility index (Phi) is 11.4. The number of rotatable bonds is 10. The third-order valence-electron chi connectivity index (χ3n) is 11.3. The molecule has 5 heterocycles. The second-order valence-electron chi connectivity index (χ2n) is 15.1. The van der Waals surface area contributed by atoms with Crippen molar-refractivity contribution < 1.29 is 33.1 Å². The van der Waals surface area contributed by atoms with Crippen molar-refractivity contribution in [1.82, 2.24) is 30.0 Å². The summed E-state index contributed by atoms with van der Waals surface area (Å²) in [6.07, 6.45) is 2.29. The first-order chi connectivity index (χ1) is 30.6. The van der Waals surface area contributed by atoms with Gasteiger partial charge in [0.25, 0.3) is 11.8 Å². The molecule has 2 aliphatic rings. The number of ether oxygens (including phenoxy) is 2. The monoisotopic (exact) mass is 884 g/mol. The van der Waals surface area contributed by atoms with Gasteiger partial charge in [0.1, 0.15) is 45.3 Å². The van der Waals surface area contributed by atoms with Crippen LogP contribution >= 0.6 is 23.2 Å². The number of nitrogens with one attached hydrogen (secondary N) is 2. The molecule has 4 aromatic carbocycles. The quantitative estimate of drug-likeness (QED) is 0.126. The number of likely N-dealkylation sites (tertiary alicyclic amines) is 2. The third kappa shape index (κ3) is 8.08. The van der Waals surface area contributed by atoms with Crippen molar-refractivity contribution in [3.05, 3.63) is 119 Å². The molecule has 3 aromatic heterocycles. The lowest BCUT2D eigenvalue weighted by molar-refractivity contribution is -0.120. The highest BCUT2D eigenvalue weighted by Crippen LogP contribution is 2.34. The van der Waals surface area contributed by atoms with Crippen LogP contribution in [0.2, 0.25) is 10.3 Å². The van der Waals surface area contributed by atoms with Crippen LogP contribution in [0, 0.1) is 0 Å². The molecule has 9 rings (SSSR count). The lowest BCUT2D eigenvalue weighted by Crippen LogP contribution is -2.43. The first kappa shape index (κ1) is 41.3. The van der Waals surface area contributed by atoms with Crippen molar-refractivity contribution in [3.63, 3.8) is 0 Å². The van der Waals surface area contributed by atoms with Crippen LogP contribution in [0.1, 0.15) is 46.7 Å². The van der Waals surface area contributed by atoms with Crippen molar-refractivity contribution in [2.24, 2.45) is 0 Å². The summed E-state index contributed by atoms with van der Waals surface area (Å²) >= 11 is 12.6. The van der Waals surface area contributed by atoms with Gasteiger partial charge in [0.2, 0.25) is 23.6 Å². The van der Waals surface area contributed by atoms with Crippen molar-refractivity contribution >= 4 is 79.8 Å². The predicted octanol–water partition coefficient (Wildman–Crippen LogP) is 8.31. The van der Waals surface area contributed by atoms with Crippen LogP contribution in [0.4, 0.5) is 11.4 Å². The number of hydrogen-bond donors (Lipinski definition) is 2. The van der Waals surface area contributed by atoms with E-state index in [0.29, 0.717) is 94.3 Å². The second kappa shape index (κ2) is 17.3. The number of anilines is 2. The maximum Gasteiger partial charge on any atom is 0.273 e. The van der Waals surface area contributed by atoms with E-state index in [1.165, 1.54) is 9.80 Å². The number of fused-ring (bicyclic) bond motifs is 2. The summed E-state index contributed by atoms with van der Waals surface area (Å²) in [5.74, 6) is 0.231. The number of nitrogens with zero attached hydrogens (tertiary/aromatic N) is 6. The topological polar surface area (TPSA) is 182 Å². The zero-order valence-corrected chi connectivity index (χ0v) is 35.4. The molecule has 7 aromatic rings. The van der Waals surface area contributed by atoms with Gasteiger partial charge in [0.15, 0.2) is 0 Å². The van der Waals surface area contributed by atoms with Gasteiger partial charge in [-0.05, 0) is 98.5 Å². The molecule has 0 aliphatic carbocycles. The van der Waals surface area contributed by atoms with Gasteiger partial charge in [-0.15, -0.1) is 10.2 Å². The lowest BCUT2D eigenvalue weighted by atomic mass is 10.1.